The van der Waals surface area contributed by atoms with Crippen molar-refractivity contribution in [2.45, 2.75) is 6.92 Å². The van der Waals surface area contributed by atoms with Crippen LogP contribution in [0.25, 0.3) is 0 Å². The molecular formula is C18H14ClN3O3. The third kappa shape index (κ3) is 3.59. The van der Waals surface area contributed by atoms with Crippen LogP contribution in [0.1, 0.15) is 5.56 Å². The van der Waals surface area contributed by atoms with Crippen molar-refractivity contribution in [1.82, 2.24) is 5.32 Å². The van der Waals surface area contributed by atoms with Crippen LogP contribution in [0.15, 0.2) is 53.5 Å². The molecule has 3 rings (SSSR count). The van der Waals surface area contributed by atoms with E-state index < -0.39 is 23.8 Å². The fourth-order valence-corrected chi connectivity index (χ4v) is 2.55. The largest absolute Gasteiger partial charge is 0.335 e. The normalized spacial score (nSPS) is 17.9. The van der Waals surface area contributed by atoms with E-state index >= 15 is 0 Å². The minimum absolute atomic E-state index is 0.327. The number of aliphatic imine (C=N–C) groups is 1. The molecule has 0 aliphatic carbocycles. The van der Waals surface area contributed by atoms with Gasteiger partial charge in [-0.3, -0.25) is 19.9 Å². The summed E-state index contributed by atoms with van der Waals surface area (Å²) in [4.78, 5) is 41.8. The molecule has 0 spiro atoms. The maximum Gasteiger partial charge on any atom is 0.335 e. The van der Waals surface area contributed by atoms with Crippen LogP contribution in [0.3, 0.4) is 0 Å². The number of barbiturate groups is 1. The summed E-state index contributed by atoms with van der Waals surface area (Å²) in [5.74, 6) is -2.54. The third-order valence-electron chi connectivity index (χ3n) is 3.66. The van der Waals surface area contributed by atoms with Crippen LogP contribution < -0.4 is 10.2 Å². The Morgan fingerprint density at radius 1 is 1.12 bits per heavy atom. The number of carbonyl (C=O) groups is 3. The summed E-state index contributed by atoms with van der Waals surface area (Å²) < 4.78 is 0. The fraction of sp³-hybridized carbons (Fsp3) is 0.111. The van der Waals surface area contributed by atoms with Crippen LogP contribution in [-0.2, 0) is 9.59 Å². The number of amides is 4. The Bertz CT molecular complexity index is 877. The van der Waals surface area contributed by atoms with Gasteiger partial charge in [0.1, 0.15) is 0 Å². The molecule has 1 aliphatic heterocycles. The Morgan fingerprint density at radius 2 is 1.84 bits per heavy atom. The molecule has 0 saturated carbocycles. The molecule has 0 unspecified atom stereocenters. The van der Waals surface area contributed by atoms with Crippen molar-refractivity contribution in [1.29, 1.82) is 0 Å². The zero-order chi connectivity index (χ0) is 18.0. The second-order valence-corrected chi connectivity index (χ2v) is 5.98. The lowest BCUT2D eigenvalue weighted by Gasteiger charge is -2.28. The molecule has 1 fully saturated rings. The van der Waals surface area contributed by atoms with Gasteiger partial charge < -0.3 is 0 Å². The number of urea groups is 1. The Morgan fingerprint density at radius 3 is 2.52 bits per heavy atom. The van der Waals surface area contributed by atoms with Gasteiger partial charge in [-0.25, -0.2) is 9.69 Å². The summed E-state index contributed by atoms with van der Waals surface area (Å²) in [7, 11) is 0. The molecule has 1 atom stereocenters. The molecule has 2 aromatic carbocycles. The maximum absolute atomic E-state index is 12.6. The number of hydrogen-bond acceptors (Lipinski definition) is 4. The van der Waals surface area contributed by atoms with Gasteiger partial charge in [0.05, 0.1) is 11.4 Å². The number of anilines is 1. The van der Waals surface area contributed by atoms with Gasteiger partial charge in [-0.2, -0.15) is 0 Å². The smallest absolute Gasteiger partial charge is 0.276 e. The molecule has 2 aromatic rings. The van der Waals surface area contributed by atoms with Crippen LogP contribution in [-0.4, -0.2) is 24.1 Å². The van der Waals surface area contributed by atoms with E-state index in [-0.39, 0.29) is 0 Å². The Hall–Kier alpha value is -2.99. The number of aryl methyl sites for hydroxylation is 1. The molecule has 6 nitrogen and oxygen atoms in total. The third-order valence-corrected chi connectivity index (χ3v) is 3.91. The topological polar surface area (TPSA) is 78.8 Å². The number of nitrogens with zero attached hydrogens (tertiary/aromatic N) is 2. The second-order valence-electron chi connectivity index (χ2n) is 5.54. The zero-order valence-corrected chi connectivity index (χ0v) is 14.0. The first-order chi connectivity index (χ1) is 12.0. The van der Waals surface area contributed by atoms with Crippen molar-refractivity contribution in [3.63, 3.8) is 0 Å². The molecule has 126 valence electrons. The SMILES string of the molecule is Cc1cccc(N=C[C@H]2C(=O)NC(=O)N(c3ccc(Cl)cc3)C2=O)c1. The lowest BCUT2D eigenvalue weighted by molar-refractivity contribution is -0.131. The molecule has 1 N–H and O–H groups in total. The molecule has 7 heteroatoms. The molecule has 0 bridgehead atoms. The van der Waals surface area contributed by atoms with Gasteiger partial charge in [0.15, 0.2) is 5.92 Å². The fourth-order valence-electron chi connectivity index (χ4n) is 2.43. The summed E-state index contributed by atoms with van der Waals surface area (Å²) in [5, 5.41) is 2.65. The predicted molar refractivity (Wildman–Crippen MR) is 95.3 cm³/mol. The van der Waals surface area contributed by atoms with Gasteiger partial charge in [0.2, 0.25) is 5.91 Å². The monoisotopic (exact) mass is 355 g/mol. The van der Waals surface area contributed by atoms with Gasteiger partial charge in [-0.15, -0.1) is 0 Å². The number of nitrogens with one attached hydrogen (secondary N) is 1. The first-order valence-corrected chi connectivity index (χ1v) is 7.89. The molecular weight excluding hydrogens is 342 g/mol. The van der Waals surface area contributed by atoms with Crippen LogP contribution in [0.2, 0.25) is 5.02 Å². The Labute approximate surface area is 149 Å². The highest BCUT2D eigenvalue weighted by Crippen LogP contribution is 2.23. The van der Waals surface area contributed by atoms with Crippen LogP contribution in [0.5, 0.6) is 0 Å². The first kappa shape index (κ1) is 16.9. The standard InChI is InChI=1S/C18H14ClN3O3/c1-11-3-2-4-13(9-11)20-10-15-16(23)21-18(25)22(17(15)24)14-7-5-12(19)6-8-14/h2-10,15H,1H3,(H,21,23,25)/t15-/m0/s1. The highest BCUT2D eigenvalue weighted by atomic mass is 35.5. The van der Waals surface area contributed by atoms with E-state index in [4.69, 9.17) is 11.6 Å². The Balaban J connectivity index is 1.89. The summed E-state index contributed by atoms with van der Waals surface area (Å²) in [6.07, 6.45) is 1.25. The number of imide groups is 2. The predicted octanol–water partition coefficient (Wildman–Crippen LogP) is 3.25. The Kier molecular flexibility index (Phi) is 4.63. The minimum Gasteiger partial charge on any atom is -0.276 e. The van der Waals surface area contributed by atoms with Crippen LogP contribution in [0.4, 0.5) is 16.2 Å². The molecule has 1 heterocycles. The summed E-state index contributed by atoms with van der Waals surface area (Å²) >= 11 is 5.83. The van der Waals surface area contributed by atoms with Crippen molar-refractivity contribution in [3.05, 3.63) is 59.1 Å². The highest BCUT2D eigenvalue weighted by molar-refractivity contribution is 6.33. The van der Waals surface area contributed by atoms with E-state index in [1.165, 1.54) is 18.3 Å². The van der Waals surface area contributed by atoms with E-state index in [1.807, 2.05) is 25.1 Å². The molecule has 25 heavy (non-hydrogen) atoms. The van der Waals surface area contributed by atoms with Crippen molar-refractivity contribution in [2.75, 3.05) is 4.90 Å². The summed E-state index contributed by atoms with van der Waals surface area (Å²) in [6.45, 7) is 1.92. The molecule has 1 aliphatic rings. The number of halogens is 1. The van der Waals surface area contributed by atoms with Crippen molar-refractivity contribution in [2.24, 2.45) is 10.9 Å². The van der Waals surface area contributed by atoms with Gasteiger partial charge >= 0.3 is 6.03 Å². The first-order valence-electron chi connectivity index (χ1n) is 7.51. The molecule has 0 aromatic heterocycles. The van der Waals surface area contributed by atoms with Gasteiger partial charge in [0.25, 0.3) is 5.91 Å². The molecule has 1 saturated heterocycles. The number of hydrogen-bond donors (Lipinski definition) is 1. The van der Waals surface area contributed by atoms with Crippen molar-refractivity contribution < 1.29 is 14.4 Å². The van der Waals surface area contributed by atoms with Gasteiger partial charge in [-0.1, -0.05) is 23.7 Å². The van der Waals surface area contributed by atoms with Crippen LogP contribution in [0, 0.1) is 12.8 Å². The zero-order valence-electron chi connectivity index (χ0n) is 13.3. The number of rotatable bonds is 3. The average Bonchev–Trinajstić information content (AvgIpc) is 2.56. The maximum atomic E-state index is 12.6. The average molecular weight is 356 g/mol. The van der Waals surface area contributed by atoms with E-state index in [0.717, 1.165) is 10.5 Å². The lowest BCUT2D eigenvalue weighted by Crippen LogP contribution is -2.58. The quantitative estimate of drug-likeness (QED) is 0.678. The van der Waals surface area contributed by atoms with Crippen molar-refractivity contribution in [3.8, 4) is 0 Å². The van der Waals surface area contributed by atoms with E-state index in [0.29, 0.717) is 16.4 Å². The summed E-state index contributed by atoms with van der Waals surface area (Å²) in [6, 6.07) is 12.7. The lowest BCUT2D eigenvalue weighted by atomic mass is 10.1. The molecule has 0 radical (unpaired) electrons. The van der Waals surface area contributed by atoms with Crippen LogP contribution >= 0.6 is 11.6 Å². The number of benzene rings is 2. The van der Waals surface area contributed by atoms with E-state index in [2.05, 4.69) is 10.3 Å². The van der Waals surface area contributed by atoms with Gasteiger partial charge in [0, 0.05) is 11.2 Å². The van der Waals surface area contributed by atoms with E-state index in [1.54, 1.807) is 18.2 Å². The minimum atomic E-state index is -1.19. The highest BCUT2D eigenvalue weighted by Gasteiger charge is 2.40. The summed E-state index contributed by atoms with van der Waals surface area (Å²) in [5.41, 5.74) is 1.95. The van der Waals surface area contributed by atoms with Gasteiger partial charge in [-0.05, 0) is 48.9 Å². The van der Waals surface area contributed by atoms with Crippen molar-refractivity contribution >= 4 is 47.0 Å². The molecule has 4 amide bonds. The second kappa shape index (κ2) is 6.86. The number of carbonyl (C=O) groups excluding carboxylic acids is 3. The van der Waals surface area contributed by atoms with E-state index in [9.17, 15) is 14.4 Å².